The third-order valence-electron chi connectivity index (χ3n) is 6.66. The molecule has 34 heavy (non-hydrogen) atoms. The Hall–Kier alpha value is -3.98. The Bertz CT molecular complexity index is 1270. The maximum absolute atomic E-state index is 4.93. The molecule has 1 aromatic heterocycles. The Balaban J connectivity index is 1.55. The molecule has 0 aliphatic heterocycles. The zero-order valence-corrected chi connectivity index (χ0v) is 19.5. The number of benzene rings is 4. The molecule has 0 unspecified atom stereocenters. The first kappa shape index (κ1) is 21.8. The molecule has 4 aromatic carbocycles. The van der Waals surface area contributed by atoms with Gasteiger partial charge < -0.3 is 0 Å². The maximum Gasteiger partial charge on any atom is 0.181 e. The van der Waals surface area contributed by atoms with Crippen molar-refractivity contribution in [2.75, 3.05) is 0 Å². The number of nitrogens with zero attached hydrogens (tertiary/aromatic N) is 3. The second kappa shape index (κ2) is 9.88. The van der Waals surface area contributed by atoms with E-state index in [4.69, 9.17) is 10.1 Å². The SMILES string of the molecule is Cn1nc(-c2ccccc2)nc1CCC(Cc1ccccc1)(c1ccccc1)c1ccccc1. The molecular formula is C31H29N3. The van der Waals surface area contributed by atoms with Gasteiger partial charge in [-0.1, -0.05) is 121 Å². The Labute approximate surface area is 201 Å². The lowest BCUT2D eigenvalue weighted by Gasteiger charge is -2.36. The third kappa shape index (κ3) is 4.55. The number of hydrogen-bond acceptors (Lipinski definition) is 2. The molecule has 0 aliphatic carbocycles. The van der Waals surface area contributed by atoms with E-state index >= 15 is 0 Å². The molecule has 0 N–H and O–H groups in total. The highest BCUT2D eigenvalue weighted by atomic mass is 15.3. The Morgan fingerprint density at radius 2 is 1.15 bits per heavy atom. The van der Waals surface area contributed by atoms with Gasteiger partial charge in [0, 0.05) is 24.4 Å². The van der Waals surface area contributed by atoms with Gasteiger partial charge >= 0.3 is 0 Å². The number of aryl methyl sites for hydroxylation is 2. The van der Waals surface area contributed by atoms with Gasteiger partial charge in [-0.3, -0.25) is 4.68 Å². The van der Waals surface area contributed by atoms with E-state index in [-0.39, 0.29) is 5.41 Å². The van der Waals surface area contributed by atoms with E-state index < -0.39 is 0 Å². The van der Waals surface area contributed by atoms with Crippen molar-refractivity contribution in [1.82, 2.24) is 14.8 Å². The standard InChI is InChI=1S/C31H29N3/c1-34-29(32-30(33-34)26-16-8-3-9-17-26)22-23-31(27-18-10-4-11-19-27,28-20-12-5-13-21-28)24-25-14-6-2-7-15-25/h2-21H,22-24H2,1H3. The van der Waals surface area contributed by atoms with Gasteiger partial charge in [-0.05, 0) is 29.5 Å². The van der Waals surface area contributed by atoms with Gasteiger partial charge in [0.25, 0.3) is 0 Å². The van der Waals surface area contributed by atoms with Crippen LogP contribution in [-0.4, -0.2) is 14.8 Å². The number of hydrogen-bond donors (Lipinski definition) is 0. The van der Waals surface area contributed by atoms with Crippen molar-refractivity contribution >= 4 is 0 Å². The van der Waals surface area contributed by atoms with Crippen LogP contribution < -0.4 is 0 Å². The minimum Gasteiger partial charge on any atom is -0.253 e. The van der Waals surface area contributed by atoms with Crippen LogP contribution in [0.5, 0.6) is 0 Å². The highest BCUT2D eigenvalue weighted by Crippen LogP contribution is 2.40. The molecule has 0 aliphatic rings. The van der Waals surface area contributed by atoms with Crippen LogP contribution in [0, 0.1) is 0 Å². The third-order valence-corrected chi connectivity index (χ3v) is 6.66. The average Bonchev–Trinajstić information content (AvgIpc) is 3.29. The summed E-state index contributed by atoms with van der Waals surface area (Å²) in [5.74, 6) is 1.79. The average molecular weight is 444 g/mol. The first-order valence-corrected chi connectivity index (χ1v) is 11.8. The highest BCUT2D eigenvalue weighted by molar-refractivity contribution is 5.54. The summed E-state index contributed by atoms with van der Waals surface area (Å²) >= 11 is 0. The smallest absolute Gasteiger partial charge is 0.181 e. The largest absolute Gasteiger partial charge is 0.253 e. The summed E-state index contributed by atoms with van der Waals surface area (Å²) in [7, 11) is 2.00. The molecule has 0 atom stereocenters. The van der Waals surface area contributed by atoms with Gasteiger partial charge in [-0.15, -0.1) is 0 Å². The van der Waals surface area contributed by atoms with Gasteiger partial charge in [-0.25, -0.2) is 4.98 Å². The van der Waals surface area contributed by atoms with E-state index in [1.54, 1.807) is 0 Å². The van der Waals surface area contributed by atoms with E-state index in [1.807, 2.05) is 29.9 Å². The predicted octanol–water partition coefficient (Wildman–Crippen LogP) is 6.64. The first-order chi connectivity index (χ1) is 16.7. The first-order valence-electron chi connectivity index (χ1n) is 11.8. The highest BCUT2D eigenvalue weighted by Gasteiger charge is 2.34. The molecule has 168 valence electrons. The van der Waals surface area contributed by atoms with Crippen molar-refractivity contribution in [3.8, 4) is 11.4 Å². The second-order valence-electron chi connectivity index (χ2n) is 8.82. The molecule has 5 rings (SSSR count). The van der Waals surface area contributed by atoms with E-state index in [0.29, 0.717) is 0 Å². The molecule has 0 amide bonds. The van der Waals surface area contributed by atoms with Crippen molar-refractivity contribution in [2.45, 2.75) is 24.7 Å². The van der Waals surface area contributed by atoms with Crippen molar-refractivity contribution in [3.63, 3.8) is 0 Å². The minimum atomic E-state index is -0.178. The van der Waals surface area contributed by atoms with Gasteiger partial charge in [0.05, 0.1) is 0 Å². The Morgan fingerprint density at radius 1 is 0.647 bits per heavy atom. The van der Waals surface area contributed by atoms with E-state index in [2.05, 4.69) is 103 Å². The summed E-state index contributed by atoms with van der Waals surface area (Å²) in [5.41, 5.74) is 4.86. The molecule has 1 heterocycles. The predicted molar refractivity (Wildman–Crippen MR) is 139 cm³/mol. The summed E-state index contributed by atoms with van der Waals surface area (Å²) in [6.45, 7) is 0. The summed E-state index contributed by atoms with van der Waals surface area (Å²) in [5, 5.41) is 4.72. The van der Waals surface area contributed by atoms with Crippen LogP contribution in [0.15, 0.2) is 121 Å². The monoisotopic (exact) mass is 443 g/mol. The van der Waals surface area contributed by atoms with Crippen LogP contribution in [-0.2, 0) is 25.3 Å². The van der Waals surface area contributed by atoms with Crippen LogP contribution in [0.4, 0.5) is 0 Å². The van der Waals surface area contributed by atoms with Gasteiger partial charge in [0.15, 0.2) is 5.82 Å². The summed E-state index contributed by atoms with van der Waals surface area (Å²) in [4.78, 5) is 4.93. The van der Waals surface area contributed by atoms with Crippen LogP contribution in [0.25, 0.3) is 11.4 Å². The van der Waals surface area contributed by atoms with Crippen LogP contribution in [0.1, 0.15) is 28.9 Å². The fourth-order valence-electron chi connectivity index (χ4n) is 4.88. The van der Waals surface area contributed by atoms with Gasteiger partial charge in [-0.2, -0.15) is 5.10 Å². The van der Waals surface area contributed by atoms with Gasteiger partial charge in [0.2, 0.25) is 0 Å². The maximum atomic E-state index is 4.93. The van der Waals surface area contributed by atoms with Crippen molar-refractivity contribution < 1.29 is 0 Å². The fraction of sp³-hybridized carbons (Fsp3) is 0.161. The van der Waals surface area contributed by atoms with Crippen LogP contribution in [0.2, 0.25) is 0 Å². The summed E-state index contributed by atoms with van der Waals surface area (Å²) in [6, 6.07) is 42.8. The molecule has 0 fully saturated rings. The lowest BCUT2D eigenvalue weighted by molar-refractivity contribution is 0.457. The van der Waals surface area contributed by atoms with E-state index in [1.165, 1.54) is 16.7 Å². The molecule has 3 heteroatoms. The molecule has 0 radical (unpaired) electrons. The summed E-state index contributed by atoms with van der Waals surface area (Å²) in [6.07, 6.45) is 2.68. The minimum absolute atomic E-state index is 0.178. The molecule has 3 nitrogen and oxygen atoms in total. The lowest BCUT2D eigenvalue weighted by atomic mass is 9.67. The quantitative estimate of drug-likeness (QED) is 0.269. The topological polar surface area (TPSA) is 30.7 Å². The number of rotatable bonds is 8. The molecule has 5 aromatic rings. The van der Waals surface area contributed by atoms with Crippen molar-refractivity contribution in [3.05, 3.63) is 144 Å². The van der Waals surface area contributed by atoms with E-state index in [9.17, 15) is 0 Å². The van der Waals surface area contributed by atoms with Gasteiger partial charge in [0.1, 0.15) is 5.82 Å². The molecule has 0 saturated carbocycles. The molecular weight excluding hydrogens is 414 g/mol. The Morgan fingerprint density at radius 3 is 1.71 bits per heavy atom. The zero-order valence-electron chi connectivity index (χ0n) is 19.5. The normalized spacial score (nSPS) is 11.4. The Kier molecular flexibility index (Phi) is 6.35. The van der Waals surface area contributed by atoms with Crippen molar-refractivity contribution in [1.29, 1.82) is 0 Å². The fourth-order valence-corrected chi connectivity index (χ4v) is 4.88. The molecule has 0 bridgehead atoms. The lowest BCUT2D eigenvalue weighted by Crippen LogP contribution is -2.31. The molecule has 0 saturated heterocycles. The second-order valence-corrected chi connectivity index (χ2v) is 8.82. The molecule has 0 spiro atoms. The number of aromatic nitrogens is 3. The zero-order chi connectivity index (χ0) is 23.2. The van der Waals surface area contributed by atoms with E-state index in [0.717, 1.165) is 36.5 Å². The van der Waals surface area contributed by atoms with Crippen LogP contribution in [0.3, 0.4) is 0 Å². The summed E-state index contributed by atoms with van der Waals surface area (Å²) < 4.78 is 1.94. The van der Waals surface area contributed by atoms with Crippen molar-refractivity contribution in [2.24, 2.45) is 7.05 Å². The van der Waals surface area contributed by atoms with Crippen LogP contribution >= 0.6 is 0 Å².